The molecule has 0 saturated heterocycles. The highest BCUT2D eigenvalue weighted by Crippen LogP contribution is 2.30. The van der Waals surface area contributed by atoms with E-state index >= 15 is 0 Å². The fourth-order valence-corrected chi connectivity index (χ4v) is 4.35. The van der Waals surface area contributed by atoms with Crippen molar-refractivity contribution in [3.05, 3.63) is 81.5 Å². The molecule has 1 amide bonds. The second-order valence-corrected chi connectivity index (χ2v) is 7.89. The van der Waals surface area contributed by atoms with Gasteiger partial charge in [-0.1, -0.05) is 18.2 Å². The number of carbonyl (C=O) groups is 1. The summed E-state index contributed by atoms with van der Waals surface area (Å²) in [4.78, 5) is 25.8. The number of rotatable bonds is 4. The summed E-state index contributed by atoms with van der Waals surface area (Å²) >= 11 is 0. The summed E-state index contributed by atoms with van der Waals surface area (Å²) in [5, 5.41) is 3.81. The molecule has 1 N–H and O–H groups in total. The maximum Gasteiger partial charge on any atom is 0.295 e. The van der Waals surface area contributed by atoms with Gasteiger partial charge in [-0.2, -0.15) is 0 Å². The number of aromatic nitrogens is 2. The monoisotopic (exact) mass is 401 g/mol. The Labute approximate surface area is 173 Å². The Morgan fingerprint density at radius 1 is 1.13 bits per heavy atom. The first-order valence-corrected chi connectivity index (χ1v) is 10.2. The number of benzene rings is 2. The first-order chi connectivity index (χ1) is 14.5. The second kappa shape index (κ2) is 7.06. The Morgan fingerprint density at radius 3 is 2.63 bits per heavy atom. The average molecular weight is 401 g/mol. The van der Waals surface area contributed by atoms with E-state index in [-0.39, 0.29) is 17.9 Å². The van der Waals surface area contributed by atoms with Crippen LogP contribution < -0.4 is 10.9 Å². The maximum absolute atomic E-state index is 13.0. The predicted molar refractivity (Wildman–Crippen MR) is 116 cm³/mol. The number of nitrogens with zero attached hydrogens (tertiary/aromatic N) is 2. The van der Waals surface area contributed by atoms with Crippen molar-refractivity contribution in [2.45, 2.75) is 32.6 Å². The van der Waals surface area contributed by atoms with Crippen molar-refractivity contribution in [3.8, 4) is 5.69 Å². The van der Waals surface area contributed by atoms with Gasteiger partial charge in [-0.15, -0.1) is 0 Å². The van der Waals surface area contributed by atoms with Crippen molar-refractivity contribution in [2.24, 2.45) is 7.05 Å². The van der Waals surface area contributed by atoms with Crippen LogP contribution in [0.25, 0.3) is 16.7 Å². The van der Waals surface area contributed by atoms with E-state index in [0.29, 0.717) is 11.4 Å². The molecule has 152 valence electrons. The van der Waals surface area contributed by atoms with E-state index in [0.717, 1.165) is 35.1 Å². The molecule has 0 fully saturated rings. The Hall–Kier alpha value is -3.54. The Kier molecular flexibility index (Phi) is 4.35. The molecule has 2 aromatic heterocycles. The molecule has 0 bridgehead atoms. The minimum absolute atomic E-state index is 0.158. The zero-order valence-corrected chi connectivity index (χ0v) is 17.1. The van der Waals surface area contributed by atoms with Crippen LogP contribution in [-0.2, 0) is 31.1 Å². The van der Waals surface area contributed by atoms with Crippen LogP contribution in [0.1, 0.15) is 28.8 Å². The molecular weight excluding hydrogens is 378 g/mol. The van der Waals surface area contributed by atoms with Crippen molar-refractivity contribution in [2.75, 3.05) is 5.32 Å². The second-order valence-electron chi connectivity index (χ2n) is 7.89. The lowest BCUT2D eigenvalue weighted by molar-refractivity contribution is -0.115. The van der Waals surface area contributed by atoms with Gasteiger partial charge in [-0.3, -0.25) is 14.3 Å². The number of hydrogen-bond acceptors (Lipinski definition) is 3. The summed E-state index contributed by atoms with van der Waals surface area (Å²) in [6.45, 7) is 1.83. The van der Waals surface area contributed by atoms with Crippen LogP contribution in [-0.4, -0.2) is 15.3 Å². The van der Waals surface area contributed by atoms with Crippen LogP contribution in [0, 0.1) is 6.92 Å². The van der Waals surface area contributed by atoms with Crippen LogP contribution in [0.5, 0.6) is 0 Å². The van der Waals surface area contributed by atoms with E-state index in [1.165, 1.54) is 17.5 Å². The molecule has 0 aliphatic heterocycles. The van der Waals surface area contributed by atoms with Gasteiger partial charge in [0.2, 0.25) is 5.91 Å². The van der Waals surface area contributed by atoms with Crippen molar-refractivity contribution >= 4 is 22.6 Å². The lowest BCUT2D eigenvalue weighted by Gasteiger charge is -2.07. The number of anilines is 1. The largest absolute Gasteiger partial charge is 0.464 e. The highest BCUT2D eigenvalue weighted by Gasteiger charge is 2.20. The normalized spacial score (nSPS) is 13.0. The SMILES string of the molecule is Cc1c(NC(=O)Cc2coc3cc4c(cc23)CCC4)c(=O)n(-c2ccccc2)n1C. The molecule has 4 aromatic rings. The minimum atomic E-state index is -0.246. The van der Waals surface area contributed by atoms with Gasteiger partial charge >= 0.3 is 0 Å². The summed E-state index contributed by atoms with van der Waals surface area (Å²) in [6.07, 6.45) is 5.14. The topological polar surface area (TPSA) is 69.2 Å². The van der Waals surface area contributed by atoms with Gasteiger partial charge in [0.05, 0.1) is 24.1 Å². The van der Waals surface area contributed by atoms with E-state index in [4.69, 9.17) is 4.42 Å². The quantitative estimate of drug-likeness (QED) is 0.564. The molecule has 1 aliphatic carbocycles. The number of nitrogens with one attached hydrogen (secondary N) is 1. The summed E-state index contributed by atoms with van der Waals surface area (Å²) in [7, 11) is 1.81. The fourth-order valence-electron chi connectivity index (χ4n) is 4.35. The van der Waals surface area contributed by atoms with Crippen LogP contribution in [0.4, 0.5) is 5.69 Å². The molecule has 6 nitrogen and oxygen atoms in total. The summed E-state index contributed by atoms with van der Waals surface area (Å²) < 4.78 is 9.01. The number of carbonyl (C=O) groups excluding carboxylic acids is 1. The van der Waals surface area contributed by atoms with Crippen LogP contribution in [0.3, 0.4) is 0 Å². The predicted octanol–water partition coefficient (Wildman–Crippen LogP) is 3.90. The number of hydrogen-bond donors (Lipinski definition) is 1. The summed E-state index contributed by atoms with van der Waals surface area (Å²) in [5.41, 5.74) is 5.86. The van der Waals surface area contributed by atoms with Crippen molar-refractivity contribution in [1.29, 1.82) is 0 Å². The standard InChI is InChI=1S/C24H23N3O3/c1-15-23(24(29)27(26(15)2)19-9-4-3-5-10-19)25-22(28)13-18-14-30-21-12-17-8-6-7-16(17)11-20(18)21/h3-5,9-12,14H,6-8,13H2,1-2H3,(H,25,28). The molecule has 0 atom stereocenters. The number of amides is 1. The molecule has 6 heteroatoms. The highest BCUT2D eigenvalue weighted by atomic mass is 16.3. The highest BCUT2D eigenvalue weighted by molar-refractivity contribution is 5.96. The van der Waals surface area contributed by atoms with Crippen molar-refractivity contribution < 1.29 is 9.21 Å². The fraction of sp³-hybridized carbons (Fsp3) is 0.250. The smallest absolute Gasteiger partial charge is 0.295 e. The Morgan fingerprint density at radius 2 is 1.87 bits per heavy atom. The van der Waals surface area contributed by atoms with Crippen LogP contribution >= 0.6 is 0 Å². The molecule has 1 aliphatic rings. The Bertz CT molecular complexity index is 1330. The zero-order valence-electron chi connectivity index (χ0n) is 17.1. The molecule has 0 saturated carbocycles. The third-order valence-corrected chi connectivity index (χ3v) is 6.04. The van der Waals surface area contributed by atoms with Gasteiger partial charge in [0.25, 0.3) is 5.56 Å². The van der Waals surface area contributed by atoms with E-state index in [2.05, 4.69) is 17.4 Å². The van der Waals surface area contributed by atoms with E-state index < -0.39 is 0 Å². The lowest BCUT2D eigenvalue weighted by Crippen LogP contribution is -2.23. The molecule has 0 spiro atoms. The number of fused-ring (bicyclic) bond motifs is 2. The molecule has 30 heavy (non-hydrogen) atoms. The van der Waals surface area contributed by atoms with Gasteiger partial charge < -0.3 is 9.73 Å². The first kappa shape index (κ1) is 18.5. The van der Waals surface area contributed by atoms with E-state index in [9.17, 15) is 9.59 Å². The maximum atomic E-state index is 13.0. The van der Waals surface area contributed by atoms with Crippen molar-refractivity contribution in [3.63, 3.8) is 0 Å². The summed E-state index contributed by atoms with van der Waals surface area (Å²) in [5.74, 6) is -0.232. The number of furan rings is 1. The van der Waals surface area contributed by atoms with Gasteiger partial charge in [-0.25, -0.2) is 4.68 Å². The van der Waals surface area contributed by atoms with Crippen molar-refractivity contribution in [1.82, 2.24) is 9.36 Å². The van der Waals surface area contributed by atoms with E-state index in [1.807, 2.05) is 44.3 Å². The third-order valence-electron chi connectivity index (χ3n) is 6.04. The summed E-state index contributed by atoms with van der Waals surface area (Å²) in [6, 6.07) is 13.6. The van der Waals surface area contributed by atoms with Crippen LogP contribution in [0.2, 0.25) is 0 Å². The molecule has 2 aromatic carbocycles. The molecule has 0 unspecified atom stereocenters. The zero-order chi connectivity index (χ0) is 20.8. The van der Waals surface area contributed by atoms with Gasteiger partial charge in [0, 0.05) is 18.0 Å². The lowest BCUT2D eigenvalue weighted by atomic mass is 10.0. The third kappa shape index (κ3) is 2.96. The molecule has 5 rings (SSSR count). The van der Waals surface area contributed by atoms with Crippen LogP contribution in [0.15, 0.2) is 57.9 Å². The molecule has 2 heterocycles. The minimum Gasteiger partial charge on any atom is -0.464 e. The molecular formula is C24H23N3O3. The van der Waals surface area contributed by atoms with E-state index in [1.54, 1.807) is 15.6 Å². The van der Waals surface area contributed by atoms with Gasteiger partial charge in [0.15, 0.2) is 0 Å². The number of para-hydroxylation sites is 1. The first-order valence-electron chi connectivity index (χ1n) is 10.2. The Balaban J connectivity index is 1.43. The van der Waals surface area contributed by atoms with Gasteiger partial charge in [0.1, 0.15) is 11.3 Å². The van der Waals surface area contributed by atoms with Gasteiger partial charge in [-0.05, 0) is 61.6 Å². The number of aryl methyl sites for hydroxylation is 2. The average Bonchev–Trinajstić information content (AvgIpc) is 3.41. The molecule has 0 radical (unpaired) electrons.